The maximum atomic E-state index is 11.8. The number of carbonyl (C=O) groups excluding carboxylic acids is 1. The minimum absolute atomic E-state index is 0.0506. The second-order valence-electron chi connectivity index (χ2n) is 4.59. The molecule has 0 aromatic heterocycles. The van der Waals surface area contributed by atoms with Crippen LogP contribution >= 0.6 is 11.8 Å². The van der Waals surface area contributed by atoms with Gasteiger partial charge in [0.15, 0.2) is 0 Å². The molecule has 0 spiro atoms. The Hall–Kier alpha value is -0.420. The fourth-order valence-corrected chi connectivity index (χ4v) is 2.68. The quantitative estimate of drug-likeness (QED) is 0.766. The first kappa shape index (κ1) is 14.6. The Kier molecular flexibility index (Phi) is 6.73. The molecule has 100 valence electrons. The van der Waals surface area contributed by atoms with Crippen molar-refractivity contribution in [2.24, 2.45) is 5.92 Å². The molecule has 5 heteroatoms. The van der Waals surface area contributed by atoms with Crippen molar-refractivity contribution in [3.05, 3.63) is 0 Å². The topological polar surface area (TPSA) is 50.4 Å². The van der Waals surface area contributed by atoms with Crippen LogP contribution in [0.25, 0.3) is 0 Å². The van der Waals surface area contributed by atoms with Crippen molar-refractivity contribution in [3.8, 4) is 0 Å². The van der Waals surface area contributed by atoms with Gasteiger partial charge in [-0.2, -0.15) is 11.8 Å². The van der Waals surface area contributed by atoms with Gasteiger partial charge in [-0.15, -0.1) is 0 Å². The van der Waals surface area contributed by atoms with Crippen LogP contribution in [-0.2, 0) is 4.74 Å². The Morgan fingerprint density at radius 3 is 2.82 bits per heavy atom. The van der Waals surface area contributed by atoms with Crippen LogP contribution in [0, 0.1) is 5.92 Å². The molecule has 4 nitrogen and oxygen atoms in total. The number of hydrogen-bond donors (Lipinski definition) is 2. The van der Waals surface area contributed by atoms with Crippen molar-refractivity contribution in [3.63, 3.8) is 0 Å². The summed E-state index contributed by atoms with van der Waals surface area (Å²) >= 11 is 1.76. The first-order chi connectivity index (χ1) is 8.17. The van der Waals surface area contributed by atoms with Crippen LogP contribution in [0.4, 0.5) is 4.79 Å². The summed E-state index contributed by atoms with van der Waals surface area (Å²) in [5.41, 5.74) is 0. The lowest BCUT2D eigenvalue weighted by Crippen LogP contribution is -2.48. The van der Waals surface area contributed by atoms with E-state index in [2.05, 4.69) is 30.7 Å². The van der Waals surface area contributed by atoms with Gasteiger partial charge < -0.3 is 15.4 Å². The molecule has 0 aliphatic carbocycles. The van der Waals surface area contributed by atoms with Gasteiger partial charge in [0, 0.05) is 30.4 Å². The van der Waals surface area contributed by atoms with Crippen molar-refractivity contribution in [1.29, 1.82) is 0 Å². The molecule has 0 saturated carbocycles. The Bertz CT molecular complexity index is 233. The zero-order valence-corrected chi connectivity index (χ0v) is 11.8. The molecule has 0 unspecified atom stereocenters. The number of ether oxygens (including phenoxy) is 1. The normalized spacial score (nSPS) is 23.1. The molecule has 17 heavy (non-hydrogen) atoms. The fourth-order valence-electron chi connectivity index (χ4n) is 1.96. The lowest BCUT2D eigenvalue weighted by atomic mass is 10.0. The van der Waals surface area contributed by atoms with Gasteiger partial charge in [-0.05, 0) is 26.0 Å². The van der Waals surface area contributed by atoms with Crippen LogP contribution in [0.5, 0.6) is 0 Å². The van der Waals surface area contributed by atoms with E-state index in [1.54, 1.807) is 11.8 Å². The number of hydrogen-bond acceptors (Lipinski definition) is 3. The average Bonchev–Trinajstić information content (AvgIpc) is 2.81. The van der Waals surface area contributed by atoms with Gasteiger partial charge in [-0.1, -0.05) is 6.92 Å². The summed E-state index contributed by atoms with van der Waals surface area (Å²) in [4.78, 5) is 11.8. The molecule has 0 radical (unpaired) electrons. The Balaban J connectivity index is 2.27. The van der Waals surface area contributed by atoms with Gasteiger partial charge >= 0.3 is 6.03 Å². The van der Waals surface area contributed by atoms with Gasteiger partial charge in [0.1, 0.15) is 0 Å². The number of carbonyl (C=O) groups is 1. The molecule has 1 aliphatic heterocycles. The summed E-state index contributed by atoms with van der Waals surface area (Å²) < 4.78 is 5.33. The summed E-state index contributed by atoms with van der Waals surface area (Å²) in [5.74, 6) is 1.42. The van der Waals surface area contributed by atoms with Gasteiger partial charge in [-0.3, -0.25) is 0 Å². The Morgan fingerprint density at radius 2 is 2.29 bits per heavy atom. The first-order valence-electron chi connectivity index (χ1n) is 6.31. The number of rotatable bonds is 6. The smallest absolute Gasteiger partial charge is 0.315 e. The predicted molar refractivity (Wildman–Crippen MR) is 72.5 cm³/mol. The van der Waals surface area contributed by atoms with Gasteiger partial charge in [0.25, 0.3) is 0 Å². The summed E-state index contributed by atoms with van der Waals surface area (Å²) in [5, 5.41) is 6.02. The van der Waals surface area contributed by atoms with Crippen molar-refractivity contribution < 1.29 is 9.53 Å². The largest absolute Gasteiger partial charge is 0.381 e. The van der Waals surface area contributed by atoms with E-state index in [1.807, 2.05) is 0 Å². The van der Waals surface area contributed by atoms with E-state index in [-0.39, 0.29) is 18.1 Å². The van der Waals surface area contributed by atoms with Crippen LogP contribution in [-0.4, -0.2) is 43.3 Å². The lowest BCUT2D eigenvalue weighted by molar-refractivity contribution is 0.177. The fraction of sp³-hybridized carbons (Fsp3) is 0.917. The highest BCUT2D eigenvalue weighted by Crippen LogP contribution is 2.16. The van der Waals surface area contributed by atoms with Gasteiger partial charge in [0.2, 0.25) is 0 Å². The van der Waals surface area contributed by atoms with E-state index in [9.17, 15) is 4.79 Å². The van der Waals surface area contributed by atoms with Crippen LogP contribution in [0.2, 0.25) is 0 Å². The molecule has 2 amide bonds. The van der Waals surface area contributed by atoms with Crippen LogP contribution < -0.4 is 10.6 Å². The molecule has 2 N–H and O–H groups in total. The van der Waals surface area contributed by atoms with Crippen molar-refractivity contribution >= 4 is 17.8 Å². The zero-order valence-electron chi connectivity index (χ0n) is 11.0. The second kappa shape index (κ2) is 7.82. The minimum Gasteiger partial charge on any atom is -0.381 e. The van der Waals surface area contributed by atoms with E-state index in [1.165, 1.54) is 0 Å². The van der Waals surface area contributed by atoms with E-state index < -0.39 is 0 Å². The third-order valence-corrected chi connectivity index (χ3v) is 3.96. The maximum Gasteiger partial charge on any atom is 0.315 e. The van der Waals surface area contributed by atoms with E-state index in [0.29, 0.717) is 5.92 Å². The van der Waals surface area contributed by atoms with E-state index >= 15 is 0 Å². The maximum absolute atomic E-state index is 11.8. The van der Waals surface area contributed by atoms with E-state index in [4.69, 9.17) is 4.74 Å². The molecule has 1 heterocycles. The molecule has 0 aromatic rings. The first-order valence-corrected chi connectivity index (χ1v) is 7.70. The summed E-state index contributed by atoms with van der Waals surface area (Å²) in [6.45, 7) is 5.73. The number of urea groups is 1. The summed E-state index contributed by atoms with van der Waals surface area (Å²) in [7, 11) is 0. The highest BCUT2D eigenvalue weighted by Gasteiger charge is 2.23. The third-order valence-electron chi connectivity index (χ3n) is 3.23. The monoisotopic (exact) mass is 260 g/mol. The van der Waals surface area contributed by atoms with Crippen molar-refractivity contribution in [2.45, 2.75) is 38.8 Å². The molecule has 0 bridgehead atoms. The summed E-state index contributed by atoms with van der Waals surface area (Å²) in [6.07, 6.45) is 4.07. The summed E-state index contributed by atoms with van der Waals surface area (Å²) in [6, 6.07) is 0.395. The highest BCUT2D eigenvalue weighted by molar-refractivity contribution is 7.98. The highest BCUT2D eigenvalue weighted by atomic mass is 32.2. The van der Waals surface area contributed by atoms with Crippen LogP contribution in [0.15, 0.2) is 0 Å². The SMILES string of the molecule is CC[C@H](CSC)NC(=O)N[C@@H](C)[C@H]1CCOC1. The van der Waals surface area contributed by atoms with Gasteiger partial charge in [0.05, 0.1) is 6.61 Å². The molecule has 1 saturated heterocycles. The standard InChI is InChI=1S/C12H24N2O2S/c1-4-11(8-17-3)14-12(15)13-9(2)10-5-6-16-7-10/h9-11H,4-8H2,1-3H3,(H2,13,14,15)/t9-,10-,11+/m0/s1. The molecular weight excluding hydrogens is 236 g/mol. The van der Waals surface area contributed by atoms with E-state index in [0.717, 1.165) is 31.8 Å². The number of thioether (sulfide) groups is 1. The number of nitrogens with one attached hydrogen (secondary N) is 2. The number of amides is 2. The predicted octanol–water partition coefficient (Wildman–Crippen LogP) is 1.85. The van der Waals surface area contributed by atoms with Crippen LogP contribution in [0.3, 0.4) is 0 Å². The minimum atomic E-state index is -0.0506. The third kappa shape index (κ3) is 5.17. The van der Waals surface area contributed by atoms with Crippen molar-refractivity contribution in [2.75, 3.05) is 25.2 Å². The van der Waals surface area contributed by atoms with Crippen LogP contribution in [0.1, 0.15) is 26.7 Å². The molecule has 1 rings (SSSR count). The lowest BCUT2D eigenvalue weighted by Gasteiger charge is -2.22. The molecular formula is C12H24N2O2S. The average molecular weight is 260 g/mol. The van der Waals surface area contributed by atoms with Crippen molar-refractivity contribution in [1.82, 2.24) is 10.6 Å². The van der Waals surface area contributed by atoms with Gasteiger partial charge in [-0.25, -0.2) is 4.79 Å². The molecule has 1 fully saturated rings. The zero-order chi connectivity index (χ0) is 12.7. The second-order valence-corrected chi connectivity index (χ2v) is 5.50. The Labute approximate surface area is 108 Å². The Morgan fingerprint density at radius 1 is 1.53 bits per heavy atom. The molecule has 0 aromatic carbocycles. The molecule has 3 atom stereocenters. The molecule has 1 aliphatic rings.